The van der Waals surface area contributed by atoms with Crippen molar-refractivity contribution >= 4 is 8.07 Å². The summed E-state index contributed by atoms with van der Waals surface area (Å²) in [6.45, 7) is 11.6. The van der Waals surface area contributed by atoms with E-state index in [1.807, 2.05) is 0 Å². The summed E-state index contributed by atoms with van der Waals surface area (Å²) in [5.74, 6) is 0.770. The predicted molar refractivity (Wildman–Crippen MR) is 51.9 cm³/mol. The van der Waals surface area contributed by atoms with Crippen molar-refractivity contribution in [1.82, 2.24) is 0 Å². The Morgan fingerprint density at radius 2 is 1.80 bits per heavy atom. The molecule has 10 heavy (non-hydrogen) atoms. The van der Waals surface area contributed by atoms with Crippen molar-refractivity contribution in [2.75, 3.05) is 0 Å². The van der Waals surface area contributed by atoms with Crippen molar-refractivity contribution in [2.45, 2.75) is 39.9 Å². The highest BCUT2D eigenvalue weighted by Crippen LogP contribution is 2.07. The summed E-state index contributed by atoms with van der Waals surface area (Å²) >= 11 is 0. The van der Waals surface area contributed by atoms with Crippen LogP contribution in [-0.4, -0.2) is 8.07 Å². The van der Waals surface area contributed by atoms with Crippen molar-refractivity contribution in [2.24, 2.45) is 5.92 Å². The first-order valence-electron chi connectivity index (χ1n) is 4.15. The van der Waals surface area contributed by atoms with Gasteiger partial charge < -0.3 is 0 Å². The third-order valence-electron chi connectivity index (χ3n) is 1.57. The van der Waals surface area contributed by atoms with Gasteiger partial charge in [-0.05, 0) is 5.92 Å². The second-order valence-electron chi connectivity index (χ2n) is 4.11. The molecule has 1 atom stereocenters. The Morgan fingerprint density at radius 1 is 1.30 bits per heavy atom. The molecule has 0 nitrogen and oxygen atoms in total. The number of hydrogen-bond donors (Lipinski definition) is 0. The molecule has 0 aromatic rings. The Hall–Kier alpha value is -0.0431. The van der Waals surface area contributed by atoms with Gasteiger partial charge >= 0.3 is 0 Å². The average molecular weight is 156 g/mol. The normalized spacial score (nSPS) is 16.1. The molecule has 0 amide bonds. The Labute approximate surface area is 66.4 Å². The van der Waals surface area contributed by atoms with Crippen molar-refractivity contribution in [1.29, 1.82) is 0 Å². The Bertz CT molecular complexity index is 108. The monoisotopic (exact) mass is 156 g/mol. The van der Waals surface area contributed by atoms with Gasteiger partial charge in [-0.2, -0.15) is 0 Å². The van der Waals surface area contributed by atoms with E-state index in [1.165, 1.54) is 6.42 Å². The number of rotatable bonds is 3. The molecule has 0 rings (SSSR count). The molecule has 0 aromatic heterocycles. The molecule has 0 aromatic carbocycles. The van der Waals surface area contributed by atoms with Gasteiger partial charge in [0.2, 0.25) is 0 Å². The lowest BCUT2D eigenvalue weighted by atomic mass is 10.1. The lowest BCUT2D eigenvalue weighted by molar-refractivity contribution is 0.699. The first-order valence-corrected chi connectivity index (χ1v) is 7.73. The first kappa shape index (κ1) is 9.96. The van der Waals surface area contributed by atoms with E-state index in [2.05, 4.69) is 45.3 Å². The molecular formula is C9H20Si. The van der Waals surface area contributed by atoms with Gasteiger partial charge in [0.25, 0.3) is 0 Å². The van der Waals surface area contributed by atoms with Gasteiger partial charge in [-0.3, -0.25) is 0 Å². The van der Waals surface area contributed by atoms with Crippen LogP contribution in [-0.2, 0) is 0 Å². The van der Waals surface area contributed by atoms with Crippen LogP contribution >= 0.6 is 0 Å². The second-order valence-corrected chi connectivity index (χ2v) is 9.18. The molecular weight excluding hydrogens is 136 g/mol. The van der Waals surface area contributed by atoms with Crippen molar-refractivity contribution < 1.29 is 0 Å². The van der Waals surface area contributed by atoms with Crippen LogP contribution in [0.25, 0.3) is 0 Å². The Balaban J connectivity index is 3.75. The van der Waals surface area contributed by atoms with Gasteiger partial charge in [-0.15, -0.1) is 0 Å². The quantitative estimate of drug-likeness (QED) is 0.549. The van der Waals surface area contributed by atoms with Crippen LogP contribution in [0.2, 0.25) is 19.6 Å². The van der Waals surface area contributed by atoms with Gasteiger partial charge in [0.15, 0.2) is 0 Å². The summed E-state index contributed by atoms with van der Waals surface area (Å²) in [4.78, 5) is 0. The second kappa shape index (κ2) is 3.97. The molecule has 0 bridgehead atoms. The highest BCUT2D eigenvalue weighted by atomic mass is 28.3. The largest absolute Gasteiger partial charge is 0.0987 e. The topological polar surface area (TPSA) is 0 Å². The minimum Gasteiger partial charge on any atom is -0.0987 e. The fourth-order valence-corrected chi connectivity index (χ4v) is 1.49. The summed E-state index contributed by atoms with van der Waals surface area (Å²) in [5, 5.41) is 0. The van der Waals surface area contributed by atoms with E-state index in [0.29, 0.717) is 0 Å². The molecule has 1 heteroatoms. The zero-order chi connectivity index (χ0) is 8.20. The van der Waals surface area contributed by atoms with Crippen molar-refractivity contribution in [3.63, 3.8) is 0 Å². The molecule has 0 saturated heterocycles. The summed E-state index contributed by atoms with van der Waals surface area (Å²) < 4.78 is 0. The Morgan fingerprint density at radius 3 is 2.10 bits per heavy atom. The average Bonchev–Trinajstić information content (AvgIpc) is 1.81. The van der Waals surface area contributed by atoms with E-state index in [1.54, 1.807) is 0 Å². The van der Waals surface area contributed by atoms with Gasteiger partial charge in [0, 0.05) is 0 Å². The molecule has 0 heterocycles. The molecule has 1 unspecified atom stereocenters. The van der Waals surface area contributed by atoms with Crippen LogP contribution in [0.3, 0.4) is 0 Å². The number of allylic oxidation sites excluding steroid dienone is 1. The summed E-state index contributed by atoms with van der Waals surface area (Å²) in [6.07, 6.45) is 3.63. The molecule has 0 aliphatic carbocycles. The van der Waals surface area contributed by atoms with E-state index in [4.69, 9.17) is 0 Å². The van der Waals surface area contributed by atoms with Gasteiger partial charge in [0.05, 0.1) is 8.07 Å². The fourth-order valence-electron chi connectivity index (χ4n) is 0.589. The Kier molecular flexibility index (Phi) is 3.95. The van der Waals surface area contributed by atoms with Crippen molar-refractivity contribution in [3.8, 4) is 0 Å². The lowest BCUT2D eigenvalue weighted by Crippen LogP contribution is -2.15. The molecule has 0 radical (unpaired) electrons. The maximum absolute atomic E-state index is 2.43. The van der Waals surface area contributed by atoms with Crippen LogP contribution in [0, 0.1) is 5.92 Å². The van der Waals surface area contributed by atoms with E-state index < -0.39 is 8.07 Å². The SMILES string of the molecule is CCC(C)C=C[Si](C)(C)C. The first-order chi connectivity index (χ1) is 4.45. The smallest absolute Gasteiger partial charge is 0.0682 e. The molecule has 0 fully saturated rings. The molecule has 0 spiro atoms. The van der Waals surface area contributed by atoms with E-state index >= 15 is 0 Å². The maximum Gasteiger partial charge on any atom is 0.0682 e. The summed E-state index contributed by atoms with van der Waals surface area (Å²) in [5.41, 5.74) is 2.43. The van der Waals surface area contributed by atoms with Crippen LogP contribution < -0.4 is 0 Å². The van der Waals surface area contributed by atoms with Gasteiger partial charge in [-0.1, -0.05) is 51.7 Å². The minimum atomic E-state index is -0.917. The zero-order valence-electron chi connectivity index (χ0n) is 7.94. The van der Waals surface area contributed by atoms with Crippen LogP contribution in [0.15, 0.2) is 11.8 Å². The molecule has 60 valence electrons. The van der Waals surface area contributed by atoms with Crippen LogP contribution in [0.4, 0.5) is 0 Å². The van der Waals surface area contributed by atoms with E-state index in [0.717, 1.165) is 5.92 Å². The van der Waals surface area contributed by atoms with E-state index in [-0.39, 0.29) is 0 Å². The standard InChI is InChI=1S/C9H20Si/c1-6-9(2)7-8-10(3,4)5/h7-9H,6H2,1-5H3. The molecule has 0 saturated carbocycles. The van der Waals surface area contributed by atoms with Crippen molar-refractivity contribution in [3.05, 3.63) is 11.8 Å². The summed E-state index contributed by atoms with van der Waals surface area (Å²) in [6, 6.07) is 0. The summed E-state index contributed by atoms with van der Waals surface area (Å²) in [7, 11) is -0.917. The highest BCUT2D eigenvalue weighted by Gasteiger charge is 2.06. The van der Waals surface area contributed by atoms with E-state index in [9.17, 15) is 0 Å². The van der Waals surface area contributed by atoms with Gasteiger partial charge in [0.1, 0.15) is 0 Å². The van der Waals surface area contributed by atoms with Crippen LogP contribution in [0.5, 0.6) is 0 Å². The zero-order valence-corrected chi connectivity index (χ0v) is 8.94. The third kappa shape index (κ3) is 6.08. The molecule has 0 aliphatic rings. The third-order valence-corrected chi connectivity index (χ3v) is 2.76. The molecule has 0 N–H and O–H groups in total. The van der Waals surface area contributed by atoms with Gasteiger partial charge in [-0.25, -0.2) is 0 Å². The number of hydrogen-bond acceptors (Lipinski definition) is 0. The highest BCUT2D eigenvalue weighted by molar-refractivity contribution is 6.80. The fraction of sp³-hybridized carbons (Fsp3) is 0.778. The minimum absolute atomic E-state index is 0.770. The predicted octanol–water partition coefficient (Wildman–Crippen LogP) is 3.47. The molecule has 0 aliphatic heterocycles. The lowest BCUT2D eigenvalue weighted by Gasteiger charge is -2.09. The maximum atomic E-state index is 2.43. The van der Waals surface area contributed by atoms with Crippen LogP contribution in [0.1, 0.15) is 20.3 Å².